The summed E-state index contributed by atoms with van der Waals surface area (Å²) in [6.45, 7) is 0. The van der Waals surface area contributed by atoms with Crippen LogP contribution in [0.4, 0.5) is 11.4 Å². The number of carbonyl (C=O) groups is 3. The van der Waals surface area contributed by atoms with Crippen molar-refractivity contribution in [1.82, 2.24) is 5.32 Å². The number of anilines is 2. The maximum atomic E-state index is 12.2. The Balaban J connectivity index is 1.70. The van der Waals surface area contributed by atoms with Gasteiger partial charge in [-0.1, -0.05) is 18.2 Å². The third-order valence-electron chi connectivity index (χ3n) is 3.57. The van der Waals surface area contributed by atoms with Crippen LogP contribution in [-0.4, -0.2) is 28.9 Å². The molecule has 24 heavy (non-hydrogen) atoms. The number of phenolic OH excluding ortho intramolecular Hbond substituents is 1. The summed E-state index contributed by atoms with van der Waals surface area (Å²) in [6, 6.07) is 11.7. The molecular formula is C17H15N3O4. The Bertz CT molecular complexity index is 819. The number of fused-ring (bicyclic) bond motifs is 1. The van der Waals surface area contributed by atoms with Crippen molar-refractivity contribution in [3.05, 3.63) is 54.1 Å². The number of carbonyl (C=O) groups excluding carboxylic acids is 3. The number of hydrogen-bond acceptors (Lipinski definition) is 4. The summed E-state index contributed by atoms with van der Waals surface area (Å²) < 4.78 is 0. The lowest BCUT2D eigenvalue weighted by molar-refractivity contribution is -0.122. The molecule has 1 atom stereocenters. The first-order chi connectivity index (χ1) is 11.5. The number of amides is 3. The molecule has 3 rings (SSSR count). The Hall–Kier alpha value is -3.35. The normalized spacial score (nSPS) is 16.4. The predicted molar refractivity (Wildman–Crippen MR) is 87.7 cm³/mol. The van der Waals surface area contributed by atoms with Crippen LogP contribution < -0.4 is 16.0 Å². The minimum absolute atomic E-state index is 0.0174. The monoisotopic (exact) mass is 325 g/mol. The Kier molecular flexibility index (Phi) is 4.15. The summed E-state index contributed by atoms with van der Waals surface area (Å²) in [5.41, 5.74) is 1.17. The molecule has 0 saturated heterocycles. The Morgan fingerprint density at radius 2 is 1.92 bits per heavy atom. The van der Waals surface area contributed by atoms with Gasteiger partial charge in [0, 0.05) is 11.8 Å². The second-order valence-electron chi connectivity index (χ2n) is 5.36. The van der Waals surface area contributed by atoms with E-state index in [2.05, 4.69) is 16.0 Å². The Morgan fingerprint density at radius 3 is 2.71 bits per heavy atom. The topological polar surface area (TPSA) is 108 Å². The smallest absolute Gasteiger partial charge is 0.254 e. The van der Waals surface area contributed by atoms with Crippen molar-refractivity contribution in [3.63, 3.8) is 0 Å². The molecule has 1 aliphatic heterocycles. The van der Waals surface area contributed by atoms with Gasteiger partial charge in [-0.05, 0) is 24.3 Å². The first-order valence-electron chi connectivity index (χ1n) is 7.32. The van der Waals surface area contributed by atoms with Gasteiger partial charge in [0.05, 0.1) is 17.7 Å². The molecule has 3 amide bonds. The number of aromatic hydroxyl groups is 1. The number of phenols is 1. The molecule has 2 aromatic rings. The van der Waals surface area contributed by atoms with E-state index in [-0.39, 0.29) is 12.2 Å². The molecule has 122 valence electrons. The van der Waals surface area contributed by atoms with Crippen molar-refractivity contribution in [2.75, 3.05) is 10.6 Å². The van der Waals surface area contributed by atoms with E-state index in [0.717, 1.165) is 0 Å². The van der Waals surface area contributed by atoms with E-state index in [0.29, 0.717) is 16.9 Å². The van der Waals surface area contributed by atoms with Crippen LogP contribution in [0.25, 0.3) is 0 Å². The Morgan fingerprint density at radius 1 is 1.12 bits per heavy atom. The van der Waals surface area contributed by atoms with E-state index < -0.39 is 23.8 Å². The largest absolute Gasteiger partial charge is 0.508 e. The van der Waals surface area contributed by atoms with Crippen LogP contribution in [0.2, 0.25) is 0 Å². The summed E-state index contributed by atoms with van der Waals surface area (Å²) in [4.78, 5) is 36.5. The third-order valence-corrected chi connectivity index (χ3v) is 3.57. The summed E-state index contributed by atoms with van der Waals surface area (Å²) in [5.74, 6) is -1.31. The van der Waals surface area contributed by atoms with Gasteiger partial charge in [0.2, 0.25) is 11.8 Å². The van der Waals surface area contributed by atoms with Gasteiger partial charge in [-0.15, -0.1) is 0 Å². The molecule has 7 nitrogen and oxygen atoms in total. The molecule has 0 fully saturated rings. The van der Waals surface area contributed by atoms with E-state index in [1.165, 1.54) is 12.1 Å². The van der Waals surface area contributed by atoms with Gasteiger partial charge in [0.15, 0.2) is 0 Å². The molecule has 0 bridgehead atoms. The molecule has 0 radical (unpaired) electrons. The minimum Gasteiger partial charge on any atom is -0.508 e. The van der Waals surface area contributed by atoms with Crippen molar-refractivity contribution in [1.29, 1.82) is 0 Å². The molecular weight excluding hydrogens is 310 g/mol. The molecule has 0 spiro atoms. The van der Waals surface area contributed by atoms with E-state index >= 15 is 0 Å². The van der Waals surface area contributed by atoms with Crippen LogP contribution in [0.1, 0.15) is 16.8 Å². The highest BCUT2D eigenvalue weighted by Gasteiger charge is 2.29. The molecule has 0 aromatic heterocycles. The minimum atomic E-state index is -0.984. The fourth-order valence-corrected chi connectivity index (χ4v) is 2.44. The standard InChI is InChI=1S/C17H15N3O4/c21-11-5-3-4-10(8-11)18-15(22)9-14-17(24)19-13-7-2-1-6-12(13)16(23)20-14/h1-8,14,21H,9H2,(H,18,22)(H,19,24)(H,20,23)/t14-/m0/s1. The number of para-hydroxylation sites is 1. The zero-order valence-corrected chi connectivity index (χ0v) is 12.6. The lowest BCUT2D eigenvalue weighted by Crippen LogP contribution is -2.43. The number of nitrogens with one attached hydrogen (secondary N) is 3. The first-order valence-corrected chi connectivity index (χ1v) is 7.32. The average Bonchev–Trinajstić information content (AvgIpc) is 2.65. The molecule has 1 heterocycles. The summed E-state index contributed by atoms with van der Waals surface area (Å²) in [5, 5.41) is 17.2. The fourth-order valence-electron chi connectivity index (χ4n) is 2.44. The zero-order valence-electron chi connectivity index (χ0n) is 12.6. The molecule has 1 aliphatic rings. The number of rotatable bonds is 3. The lowest BCUT2D eigenvalue weighted by atomic mass is 10.1. The number of hydrogen-bond donors (Lipinski definition) is 4. The van der Waals surface area contributed by atoms with Gasteiger partial charge >= 0.3 is 0 Å². The van der Waals surface area contributed by atoms with Crippen LogP contribution in [0.15, 0.2) is 48.5 Å². The van der Waals surface area contributed by atoms with Crippen LogP contribution in [0.5, 0.6) is 5.75 Å². The highest BCUT2D eigenvalue weighted by atomic mass is 16.3. The van der Waals surface area contributed by atoms with Gasteiger partial charge in [-0.3, -0.25) is 14.4 Å². The van der Waals surface area contributed by atoms with Gasteiger partial charge < -0.3 is 21.1 Å². The summed E-state index contributed by atoms with van der Waals surface area (Å²) >= 11 is 0. The quantitative estimate of drug-likeness (QED) is 0.685. The van der Waals surface area contributed by atoms with E-state index in [4.69, 9.17) is 0 Å². The van der Waals surface area contributed by atoms with Gasteiger partial charge in [-0.2, -0.15) is 0 Å². The molecule has 0 aliphatic carbocycles. The van der Waals surface area contributed by atoms with Crippen LogP contribution in [-0.2, 0) is 9.59 Å². The Labute approximate surface area is 137 Å². The van der Waals surface area contributed by atoms with Crippen molar-refractivity contribution >= 4 is 29.1 Å². The van der Waals surface area contributed by atoms with Crippen LogP contribution in [0.3, 0.4) is 0 Å². The fraction of sp³-hybridized carbons (Fsp3) is 0.118. The van der Waals surface area contributed by atoms with E-state index in [1.54, 1.807) is 36.4 Å². The van der Waals surface area contributed by atoms with Gasteiger partial charge in [0.25, 0.3) is 5.91 Å². The lowest BCUT2D eigenvalue weighted by Gasteiger charge is -2.14. The predicted octanol–water partition coefficient (Wildman–Crippen LogP) is 1.47. The average molecular weight is 325 g/mol. The van der Waals surface area contributed by atoms with Crippen molar-refractivity contribution in [2.45, 2.75) is 12.5 Å². The zero-order chi connectivity index (χ0) is 17.1. The van der Waals surface area contributed by atoms with Crippen LogP contribution in [0, 0.1) is 0 Å². The van der Waals surface area contributed by atoms with E-state index in [9.17, 15) is 19.5 Å². The van der Waals surface area contributed by atoms with Gasteiger partial charge in [-0.25, -0.2) is 0 Å². The van der Waals surface area contributed by atoms with E-state index in [1.807, 2.05) is 0 Å². The highest BCUT2D eigenvalue weighted by Crippen LogP contribution is 2.19. The first kappa shape index (κ1) is 15.5. The van der Waals surface area contributed by atoms with Crippen molar-refractivity contribution in [2.24, 2.45) is 0 Å². The maximum absolute atomic E-state index is 12.2. The second kappa shape index (κ2) is 6.41. The molecule has 7 heteroatoms. The van der Waals surface area contributed by atoms with Crippen molar-refractivity contribution in [3.8, 4) is 5.75 Å². The molecule has 2 aromatic carbocycles. The van der Waals surface area contributed by atoms with Gasteiger partial charge in [0.1, 0.15) is 11.8 Å². The molecule has 0 saturated carbocycles. The van der Waals surface area contributed by atoms with Crippen molar-refractivity contribution < 1.29 is 19.5 Å². The molecule has 4 N–H and O–H groups in total. The maximum Gasteiger partial charge on any atom is 0.254 e. The summed E-state index contributed by atoms with van der Waals surface area (Å²) in [6.07, 6.45) is -0.221. The highest BCUT2D eigenvalue weighted by molar-refractivity contribution is 6.11. The van der Waals surface area contributed by atoms with Crippen LogP contribution >= 0.6 is 0 Å². The summed E-state index contributed by atoms with van der Waals surface area (Å²) in [7, 11) is 0. The molecule has 0 unspecified atom stereocenters. The number of benzene rings is 2. The second-order valence-corrected chi connectivity index (χ2v) is 5.36. The SMILES string of the molecule is O=C(C[C@@H]1NC(=O)c2ccccc2NC1=O)Nc1cccc(O)c1. The third kappa shape index (κ3) is 3.35.